The van der Waals surface area contributed by atoms with Crippen LogP contribution in [-0.4, -0.2) is 17.2 Å². The number of thioether (sulfide) groups is 1. The van der Waals surface area contributed by atoms with E-state index >= 15 is 0 Å². The fourth-order valence-electron chi connectivity index (χ4n) is 1.17. The molecule has 1 N–H and O–H groups in total. The standard InChI is InChI=1S/C11H15NOS/c1-9(12-13)3-4-10-5-7-11(14-2)8-6-10/h5-8,13H,3-4H2,1-2H3. The summed E-state index contributed by atoms with van der Waals surface area (Å²) in [6, 6.07) is 8.48. The quantitative estimate of drug-likeness (QED) is 0.357. The Morgan fingerprint density at radius 1 is 1.36 bits per heavy atom. The number of hydrogen-bond acceptors (Lipinski definition) is 3. The molecular weight excluding hydrogens is 194 g/mol. The lowest BCUT2D eigenvalue weighted by Crippen LogP contribution is -1.94. The second-order valence-electron chi connectivity index (χ2n) is 3.18. The molecule has 0 aliphatic rings. The molecule has 3 heteroatoms. The molecule has 0 radical (unpaired) electrons. The van der Waals surface area contributed by atoms with Crippen LogP contribution < -0.4 is 0 Å². The molecule has 0 heterocycles. The van der Waals surface area contributed by atoms with Gasteiger partial charge >= 0.3 is 0 Å². The van der Waals surface area contributed by atoms with Gasteiger partial charge in [-0.2, -0.15) is 0 Å². The number of aryl methyl sites for hydroxylation is 1. The first-order valence-corrected chi connectivity index (χ1v) is 5.79. The molecule has 0 unspecified atom stereocenters. The summed E-state index contributed by atoms with van der Waals surface area (Å²) in [5.41, 5.74) is 2.06. The maximum absolute atomic E-state index is 8.48. The zero-order valence-electron chi connectivity index (χ0n) is 8.53. The Morgan fingerprint density at radius 3 is 2.50 bits per heavy atom. The van der Waals surface area contributed by atoms with Gasteiger partial charge in [0.2, 0.25) is 0 Å². The number of hydrogen-bond donors (Lipinski definition) is 1. The first kappa shape index (κ1) is 11.1. The first-order valence-electron chi connectivity index (χ1n) is 4.56. The van der Waals surface area contributed by atoms with Crippen LogP contribution >= 0.6 is 11.8 Å². The van der Waals surface area contributed by atoms with E-state index in [1.54, 1.807) is 11.8 Å². The van der Waals surface area contributed by atoms with Crippen LogP contribution in [0.4, 0.5) is 0 Å². The topological polar surface area (TPSA) is 32.6 Å². The highest BCUT2D eigenvalue weighted by Gasteiger charge is 1.96. The maximum atomic E-state index is 8.48. The van der Waals surface area contributed by atoms with Crippen LogP contribution in [0.5, 0.6) is 0 Å². The van der Waals surface area contributed by atoms with Crippen molar-refractivity contribution in [2.75, 3.05) is 6.26 Å². The van der Waals surface area contributed by atoms with E-state index in [2.05, 4.69) is 35.7 Å². The summed E-state index contributed by atoms with van der Waals surface area (Å²) in [5.74, 6) is 0. The zero-order chi connectivity index (χ0) is 10.4. The average Bonchev–Trinajstić information content (AvgIpc) is 2.26. The van der Waals surface area contributed by atoms with Crippen LogP contribution in [0, 0.1) is 0 Å². The van der Waals surface area contributed by atoms with Gasteiger partial charge in [-0.05, 0) is 43.7 Å². The molecule has 1 aromatic carbocycles. The van der Waals surface area contributed by atoms with Crippen LogP contribution in [0.25, 0.3) is 0 Å². The monoisotopic (exact) mass is 209 g/mol. The summed E-state index contributed by atoms with van der Waals surface area (Å²) in [7, 11) is 0. The molecular formula is C11H15NOS. The lowest BCUT2D eigenvalue weighted by atomic mass is 10.1. The highest BCUT2D eigenvalue weighted by atomic mass is 32.2. The SMILES string of the molecule is CSc1ccc(CCC(C)=NO)cc1. The fourth-order valence-corrected chi connectivity index (χ4v) is 1.58. The van der Waals surface area contributed by atoms with Gasteiger partial charge in [0.25, 0.3) is 0 Å². The summed E-state index contributed by atoms with van der Waals surface area (Å²) >= 11 is 1.74. The van der Waals surface area contributed by atoms with Gasteiger partial charge in [0.05, 0.1) is 5.71 Å². The van der Waals surface area contributed by atoms with Crippen LogP contribution in [0.2, 0.25) is 0 Å². The molecule has 14 heavy (non-hydrogen) atoms. The predicted molar refractivity (Wildman–Crippen MR) is 61.4 cm³/mol. The third-order valence-corrected chi connectivity index (χ3v) is 2.85. The molecule has 1 rings (SSSR count). The van der Waals surface area contributed by atoms with E-state index in [0.29, 0.717) is 0 Å². The third-order valence-electron chi connectivity index (χ3n) is 2.11. The molecule has 76 valence electrons. The summed E-state index contributed by atoms with van der Waals surface area (Å²) in [5, 5.41) is 11.6. The minimum Gasteiger partial charge on any atom is -0.411 e. The third kappa shape index (κ3) is 3.42. The lowest BCUT2D eigenvalue weighted by Gasteiger charge is -2.01. The van der Waals surface area contributed by atoms with Crippen molar-refractivity contribution in [2.45, 2.75) is 24.7 Å². The molecule has 2 nitrogen and oxygen atoms in total. The van der Waals surface area contributed by atoms with Crippen LogP contribution in [0.15, 0.2) is 34.3 Å². The van der Waals surface area contributed by atoms with Gasteiger partial charge in [-0.3, -0.25) is 0 Å². The smallest absolute Gasteiger partial charge is 0.0543 e. The molecule has 0 saturated carbocycles. The number of oxime groups is 1. The fraction of sp³-hybridized carbons (Fsp3) is 0.364. The van der Waals surface area contributed by atoms with Crippen molar-refractivity contribution in [1.82, 2.24) is 0 Å². The number of benzene rings is 1. The Hall–Kier alpha value is -0.960. The second kappa shape index (κ2) is 5.70. The highest BCUT2D eigenvalue weighted by Crippen LogP contribution is 2.15. The van der Waals surface area contributed by atoms with Crippen molar-refractivity contribution in [2.24, 2.45) is 5.16 Å². The minimum absolute atomic E-state index is 0.777. The van der Waals surface area contributed by atoms with E-state index in [-0.39, 0.29) is 0 Å². The summed E-state index contributed by atoms with van der Waals surface area (Å²) in [4.78, 5) is 1.28. The number of rotatable bonds is 4. The maximum Gasteiger partial charge on any atom is 0.0543 e. The van der Waals surface area contributed by atoms with Gasteiger partial charge in [-0.1, -0.05) is 17.3 Å². The normalized spacial score (nSPS) is 11.7. The largest absolute Gasteiger partial charge is 0.411 e. The van der Waals surface area contributed by atoms with E-state index in [4.69, 9.17) is 5.21 Å². The molecule has 0 atom stereocenters. The van der Waals surface area contributed by atoms with Gasteiger partial charge in [0.1, 0.15) is 0 Å². The Morgan fingerprint density at radius 2 is 2.00 bits per heavy atom. The Labute approximate surface area is 89.0 Å². The lowest BCUT2D eigenvalue weighted by molar-refractivity contribution is 0.317. The Balaban J connectivity index is 2.52. The van der Waals surface area contributed by atoms with E-state index in [9.17, 15) is 0 Å². The molecule has 0 saturated heterocycles. The summed E-state index contributed by atoms with van der Waals surface area (Å²) in [6.45, 7) is 1.83. The van der Waals surface area contributed by atoms with Crippen molar-refractivity contribution in [3.63, 3.8) is 0 Å². The van der Waals surface area contributed by atoms with E-state index in [1.165, 1.54) is 10.5 Å². The van der Waals surface area contributed by atoms with Crippen LogP contribution in [0.1, 0.15) is 18.9 Å². The Bertz CT molecular complexity index is 306. The molecule has 0 aliphatic carbocycles. The molecule has 0 spiro atoms. The van der Waals surface area contributed by atoms with Gasteiger partial charge in [-0.15, -0.1) is 11.8 Å². The van der Waals surface area contributed by atoms with Gasteiger partial charge in [0, 0.05) is 4.90 Å². The van der Waals surface area contributed by atoms with Gasteiger partial charge in [0.15, 0.2) is 0 Å². The summed E-state index contributed by atoms with van der Waals surface area (Å²) in [6.07, 6.45) is 3.82. The van der Waals surface area contributed by atoms with Crippen LogP contribution in [0.3, 0.4) is 0 Å². The molecule has 1 aromatic rings. The second-order valence-corrected chi connectivity index (χ2v) is 4.06. The van der Waals surface area contributed by atoms with Gasteiger partial charge < -0.3 is 5.21 Å². The van der Waals surface area contributed by atoms with Crippen molar-refractivity contribution < 1.29 is 5.21 Å². The van der Waals surface area contributed by atoms with Gasteiger partial charge in [-0.25, -0.2) is 0 Å². The highest BCUT2D eigenvalue weighted by molar-refractivity contribution is 7.98. The minimum atomic E-state index is 0.777. The van der Waals surface area contributed by atoms with Crippen LogP contribution in [-0.2, 0) is 6.42 Å². The number of nitrogens with zero attached hydrogens (tertiary/aromatic N) is 1. The Kier molecular flexibility index (Phi) is 4.53. The van der Waals surface area contributed by atoms with Crippen molar-refractivity contribution >= 4 is 17.5 Å². The molecule has 0 aliphatic heterocycles. The first-order chi connectivity index (χ1) is 6.76. The van der Waals surface area contributed by atoms with Crippen molar-refractivity contribution in [3.8, 4) is 0 Å². The van der Waals surface area contributed by atoms with Crippen molar-refractivity contribution in [1.29, 1.82) is 0 Å². The van der Waals surface area contributed by atoms with E-state index in [1.807, 2.05) is 6.92 Å². The van der Waals surface area contributed by atoms with E-state index < -0.39 is 0 Å². The average molecular weight is 209 g/mol. The summed E-state index contributed by atoms with van der Waals surface area (Å²) < 4.78 is 0. The van der Waals surface area contributed by atoms with Crippen molar-refractivity contribution in [3.05, 3.63) is 29.8 Å². The molecule has 0 amide bonds. The molecule has 0 fully saturated rings. The zero-order valence-corrected chi connectivity index (χ0v) is 9.34. The molecule has 0 bridgehead atoms. The molecule has 0 aromatic heterocycles. The predicted octanol–water partition coefficient (Wildman–Crippen LogP) is 3.19. The van der Waals surface area contributed by atoms with E-state index in [0.717, 1.165) is 18.6 Å².